The number of H-pyrrole nitrogens is 1. The predicted molar refractivity (Wildman–Crippen MR) is 116 cm³/mol. The molecule has 1 aromatic heterocycles. The van der Waals surface area contributed by atoms with Crippen LogP contribution in [0, 0.1) is 29.6 Å². The minimum atomic E-state index is -1.20. The van der Waals surface area contributed by atoms with Gasteiger partial charge in [0.2, 0.25) is 11.8 Å². The molecule has 8 nitrogen and oxygen atoms in total. The topological polar surface area (TPSA) is 128 Å². The van der Waals surface area contributed by atoms with Crippen LogP contribution in [0.2, 0.25) is 0 Å². The zero-order valence-corrected chi connectivity index (χ0v) is 18.6. The number of phenols is 1. The lowest BCUT2D eigenvalue weighted by atomic mass is 9.68. The Kier molecular flexibility index (Phi) is 4.20. The fourth-order valence-electron chi connectivity index (χ4n) is 6.63. The van der Waals surface area contributed by atoms with E-state index in [1.807, 2.05) is 12.1 Å². The highest BCUT2D eigenvalue weighted by Crippen LogP contribution is 2.69. The third-order valence-electron chi connectivity index (χ3n) is 7.77. The number of likely N-dealkylation sites (tertiary alicyclic amines) is 1. The van der Waals surface area contributed by atoms with E-state index < -0.39 is 29.8 Å². The Morgan fingerprint density at radius 2 is 1.84 bits per heavy atom. The largest absolute Gasteiger partial charge is 0.508 e. The molecule has 0 spiro atoms. The molecule has 166 valence electrons. The summed E-state index contributed by atoms with van der Waals surface area (Å²) in [5, 5.41) is 20.9. The number of fused-ring (bicyclic) bond motifs is 9. The molecule has 2 bridgehead atoms. The Labute approximate surface area is 190 Å². The van der Waals surface area contributed by atoms with Crippen LogP contribution in [0.25, 0.3) is 0 Å². The molecule has 2 aliphatic carbocycles. The van der Waals surface area contributed by atoms with Gasteiger partial charge in [-0.15, -0.1) is 11.8 Å². The Morgan fingerprint density at radius 3 is 2.53 bits per heavy atom. The number of thiazole rings is 1. The molecule has 8 unspecified atom stereocenters. The lowest BCUT2D eigenvalue weighted by Crippen LogP contribution is -2.44. The number of carbonyl (C=O) groups excluding carboxylic acids is 2. The first-order chi connectivity index (χ1) is 15.3. The molecule has 6 rings (SSSR count). The highest BCUT2D eigenvalue weighted by atomic mass is 32.2. The number of rotatable bonds is 3. The van der Waals surface area contributed by atoms with Gasteiger partial charge in [-0.1, -0.05) is 29.5 Å². The fourth-order valence-corrected chi connectivity index (χ4v) is 9.51. The maximum atomic E-state index is 13.3. The number of hydrogen-bond acceptors (Lipinski definition) is 7. The second-order valence-electron chi connectivity index (χ2n) is 9.08. The number of nitrogens with one attached hydrogen (secondary N) is 1. The molecule has 2 aromatic rings. The summed E-state index contributed by atoms with van der Waals surface area (Å²) in [6.07, 6.45) is 0.716. The molecule has 4 aliphatic rings. The van der Waals surface area contributed by atoms with E-state index in [-0.39, 0.29) is 45.5 Å². The van der Waals surface area contributed by atoms with Gasteiger partial charge in [-0.2, -0.15) is 0 Å². The highest BCUT2D eigenvalue weighted by molar-refractivity contribution is 8.00. The maximum absolute atomic E-state index is 13.3. The van der Waals surface area contributed by atoms with E-state index in [0.29, 0.717) is 6.42 Å². The monoisotopic (exact) mass is 472 g/mol. The van der Waals surface area contributed by atoms with Crippen LogP contribution in [0.3, 0.4) is 0 Å². The molecule has 1 saturated heterocycles. The summed E-state index contributed by atoms with van der Waals surface area (Å²) in [7, 11) is 0. The third-order valence-corrected chi connectivity index (χ3v) is 10.4. The predicted octanol–water partition coefficient (Wildman–Crippen LogP) is 2.09. The maximum Gasteiger partial charge on any atom is 0.326 e. The van der Waals surface area contributed by atoms with Gasteiger partial charge < -0.3 is 15.2 Å². The summed E-state index contributed by atoms with van der Waals surface area (Å²) in [5.74, 6) is -3.36. The first-order valence-electron chi connectivity index (χ1n) is 10.6. The van der Waals surface area contributed by atoms with E-state index >= 15 is 0 Å². The van der Waals surface area contributed by atoms with E-state index in [1.165, 1.54) is 6.92 Å². The van der Waals surface area contributed by atoms with Crippen molar-refractivity contribution in [1.82, 2.24) is 9.88 Å². The first kappa shape index (κ1) is 20.0. The number of imide groups is 1. The minimum absolute atomic E-state index is 0.000408. The number of benzene rings is 1. The quantitative estimate of drug-likeness (QED) is 0.584. The summed E-state index contributed by atoms with van der Waals surface area (Å²) in [6.45, 7) is 1.37. The van der Waals surface area contributed by atoms with E-state index in [4.69, 9.17) is 0 Å². The number of aromatic nitrogens is 1. The number of carbonyl (C=O) groups is 3. The van der Waals surface area contributed by atoms with Gasteiger partial charge in [-0.05, 0) is 37.2 Å². The average Bonchev–Trinajstić information content (AvgIpc) is 3.47. The normalized spacial score (nSPS) is 35.5. The van der Waals surface area contributed by atoms with Crippen LogP contribution >= 0.6 is 23.1 Å². The highest BCUT2D eigenvalue weighted by Gasteiger charge is 2.70. The minimum Gasteiger partial charge on any atom is -0.508 e. The van der Waals surface area contributed by atoms with Crippen molar-refractivity contribution in [2.75, 3.05) is 0 Å². The number of aromatic amines is 1. The Bertz CT molecular complexity index is 1240. The number of hydrogen-bond donors (Lipinski definition) is 3. The average molecular weight is 473 g/mol. The van der Waals surface area contributed by atoms with Crippen molar-refractivity contribution in [2.45, 2.75) is 35.6 Å². The Morgan fingerprint density at radius 1 is 1.16 bits per heavy atom. The summed E-state index contributed by atoms with van der Waals surface area (Å²) in [5.41, 5.74) is 0.718. The molecule has 2 aliphatic heterocycles. The number of thioether (sulfide) groups is 1. The molecule has 2 amide bonds. The molecular weight excluding hydrogens is 452 g/mol. The van der Waals surface area contributed by atoms with Crippen LogP contribution < -0.4 is 4.87 Å². The molecule has 0 radical (unpaired) electrons. The number of carboxylic acid groups (broad SMARTS) is 1. The lowest BCUT2D eigenvalue weighted by Gasteiger charge is -2.43. The molecule has 10 heteroatoms. The Hall–Kier alpha value is -2.59. The summed E-state index contributed by atoms with van der Waals surface area (Å²) < 4.78 is 0. The number of aliphatic carboxylic acids is 1. The van der Waals surface area contributed by atoms with Crippen LogP contribution in [0.5, 0.6) is 5.75 Å². The molecule has 1 aromatic carbocycles. The molecule has 3 heterocycles. The van der Waals surface area contributed by atoms with Gasteiger partial charge in [0.15, 0.2) is 0 Å². The zero-order valence-electron chi connectivity index (χ0n) is 16.9. The van der Waals surface area contributed by atoms with E-state index in [0.717, 1.165) is 31.7 Å². The van der Waals surface area contributed by atoms with Gasteiger partial charge in [-0.3, -0.25) is 19.3 Å². The number of carboxylic acids is 1. The van der Waals surface area contributed by atoms with Gasteiger partial charge >= 0.3 is 10.8 Å². The van der Waals surface area contributed by atoms with Crippen molar-refractivity contribution in [3.05, 3.63) is 44.4 Å². The summed E-state index contributed by atoms with van der Waals surface area (Å²) >= 11 is 2.69. The standard InChI is InChI=1S/C22H20N2O6S2/c1-7(21(28)29)24-19(26)14-9-6-10(15(14)20(24)27)16-13(9)12(8-4-2-3-5-11(8)25)17-18(31-16)23-22(30)32-17/h2-5,7,9-10,12-16,25H,6H2,1H3,(H,23,30)(H,28,29). The molecule has 2 saturated carbocycles. The van der Waals surface area contributed by atoms with E-state index in [9.17, 15) is 29.4 Å². The van der Waals surface area contributed by atoms with E-state index in [1.54, 1.807) is 23.9 Å². The van der Waals surface area contributed by atoms with Crippen molar-refractivity contribution in [2.24, 2.45) is 29.6 Å². The van der Waals surface area contributed by atoms with Crippen molar-refractivity contribution in [3.8, 4) is 5.75 Å². The molecular formula is C22H20N2O6S2. The SMILES string of the molecule is CC(C(=O)O)N1C(=O)C2C3CC(C2C1=O)C1C(c2ccccc2O)c2sc(=O)[nH]c2SC31. The molecule has 8 atom stereocenters. The van der Waals surface area contributed by atoms with Crippen molar-refractivity contribution >= 4 is 40.9 Å². The van der Waals surface area contributed by atoms with Crippen LogP contribution in [0.15, 0.2) is 34.1 Å². The van der Waals surface area contributed by atoms with Gasteiger partial charge in [0.25, 0.3) is 0 Å². The third kappa shape index (κ3) is 2.45. The number of aromatic hydroxyl groups is 1. The van der Waals surface area contributed by atoms with Crippen LogP contribution in [0.4, 0.5) is 0 Å². The lowest BCUT2D eigenvalue weighted by molar-refractivity contribution is -0.154. The van der Waals surface area contributed by atoms with Gasteiger partial charge in [0.1, 0.15) is 11.8 Å². The summed E-state index contributed by atoms with van der Waals surface area (Å²) in [6, 6.07) is 5.87. The number of nitrogens with zero attached hydrogens (tertiary/aromatic N) is 1. The molecule has 3 N–H and O–H groups in total. The smallest absolute Gasteiger partial charge is 0.326 e. The Balaban J connectivity index is 1.47. The number of phenolic OH excluding ortho intramolecular Hbond substituents is 1. The second kappa shape index (κ2) is 6.71. The van der Waals surface area contributed by atoms with E-state index in [2.05, 4.69) is 4.98 Å². The van der Waals surface area contributed by atoms with Gasteiger partial charge in [0, 0.05) is 21.6 Å². The molecule has 3 fully saturated rings. The fraction of sp³-hybridized carbons (Fsp3) is 0.455. The van der Waals surface area contributed by atoms with Crippen molar-refractivity contribution < 1.29 is 24.6 Å². The molecule has 32 heavy (non-hydrogen) atoms. The van der Waals surface area contributed by atoms with Crippen LogP contribution in [0.1, 0.15) is 29.7 Å². The van der Waals surface area contributed by atoms with Crippen LogP contribution in [-0.2, 0) is 14.4 Å². The van der Waals surface area contributed by atoms with Gasteiger partial charge in [0.05, 0.1) is 16.9 Å². The summed E-state index contributed by atoms with van der Waals surface area (Å²) in [4.78, 5) is 54.8. The van der Waals surface area contributed by atoms with Crippen LogP contribution in [-0.4, -0.2) is 49.2 Å². The van der Waals surface area contributed by atoms with Crippen molar-refractivity contribution in [3.63, 3.8) is 0 Å². The first-order valence-corrected chi connectivity index (χ1v) is 12.3. The zero-order chi connectivity index (χ0) is 22.5. The van der Waals surface area contributed by atoms with Crippen molar-refractivity contribution in [1.29, 1.82) is 0 Å². The number of amides is 2. The number of para-hydroxylation sites is 1. The second-order valence-corrected chi connectivity index (χ2v) is 11.3. The van der Waals surface area contributed by atoms with Gasteiger partial charge in [-0.25, -0.2) is 4.79 Å².